The molecule has 0 spiro atoms. The van der Waals surface area contributed by atoms with E-state index in [0.717, 1.165) is 16.1 Å². The quantitative estimate of drug-likeness (QED) is 0.652. The minimum Gasteiger partial charge on any atom is -0.490 e. The van der Waals surface area contributed by atoms with Crippen LogP contribution in [-0.2, 0) is 14.8 Å². The fourth-order valence-electron chi connectivity index (χ4n) is 2.56. The molecule has 0 radical (unpaired) electrons. The van der Waals surface area contributed by atoms with E-state index >= 15 is 0 Å². The van der Waals surface area contributed by atoms with E-state index < -0.39 is 22.0 Å². The van der Waals surface area contributed by atoms with Gasteiger partial charge in [-0.2, -0.15) is 0 Å². The van der Waals surface area contributed by atoms with Crippen LogP contribution in [0, 0.1) is 6.92 Å². The summed E-state index contributed by atoms with van der Waals surface area (Å²) in [5, 5.41) is 3.14. The largest absolute Gasteiger partial charge is 0.490 e. The lowest BCUT2D eigenvalue weighted by molar-refractivity contribution is -0.116. The van der Waals surface area contributed by atoms with Crippen LogP contribution < -0.4 is 14.4 Å². The number of amides is 1. The predicted molar refractivity (Wildman–Crippen MR) is 114 cm³/mol. The van der Waals surface area contributed by atoms with Gasteiger partial charge in [-0.1, -0.05) is 30.3 Å². The lowest BCUT2D eigenvalue weighted by Gasteiger charge is -2.28. The molecule has 8 heteroatoms. The summed E-state index contributed by atoms with van der Waals surface area (Å²) in [4.78, 5) is 12.7. The second-order valence-electron chi connectivity index (χ2n) is 6.28. The average molecular weight is 423 g/mol. The highest BCUT2D eigenvalue weighted by Crippen LogP contribution is 2.27. The van der Waals surface area contributed by atoms with Crippen molar-refractivity contribution >= 4 is 38.9 Å². The first kappa shape index (κ1) is 21.8. The Morgan fingerprint density at radius 1 is 1.29 bits per heavy atom. The summed E-state index contributed by atoms with van der Waals surface area (Å²) in [6.45, 7) is 7.29. The van der Waals surface area contributed by atoms with Crippen molar-refractivity contribution in [2.75, 3.05) is 22.5 Å². The maximum atomic E-state index is 12.7. The molecule has 0 aliphatic rings. The van der Waals surface area contributed by atoms with Gasteiger partial charge in [-0.3, -0.25) is 9.10 Å². The monoisotopic (exact) mass is 422 g/mol. The molecule has 0 bridgehead atoms. The van der Waals surface area contributed by atoms with Gasteiger partial charge in [0, 0.05) is 10.7 Å². The molecule has 2 aromatic rings. The molecule has 0 fully saturated rings. The van der Waals surface area contributed by atoms with Crippen LogP contribution in [-0.4, -0.2) is 33.2 Å². The molecule has 2 aromatic carbocycles. The molecule has 6 nitrogen and oxygen atoms in total. The number of nitrogens with zero attached hydrogens (tertiary/aromatic N) is 1. The number of carbonyl (C=O) groups excluding carboxylic acids is 1. The second kappa shape index (κ2) is 9.12. The summed E-state index contributed by atoms with van der Waals surface area (Å²) in [5.41, 5.74) is 1.67. The number of halogens is 1. The molecule has 1 amide bonds. The first-order chi connectivity index (χ1) is 13.1. The van der Waals surface area contributed by atoms with E-state index in [1.165, 1.54) is 13.0 Å². The molecule has 1 atom stereocenters. The van der Waals surface area contributed by atoms with E-state index in [1.807, 2.05) is 6.92 Å². The molecule has 0 aliphatic heterocycles. The van der Waals surface area contributed by atoms with Crippen molar-refractivity contribution in [1.82, 2.24) is 0 Å². The van der Waals surface area contributed by atoms with Crippen LogP contribution in [0.1, 0.15) is 12.5 Å². The number of hydrogen-bond donors (Lipinski definition) is 1. The summed E-state index contributed by atoms with van der Waals surface area (Å²) in [6.07, 6.45) is 2.69. The number of ether oxygens (including phenoxy) is 1. The van der Waals surface area contributed by atoms with Gasteiger partial charge in [-0.15, -0.1) is 0 Å². The van der Waals surface area contributed by atoms with Crippen molar-refractivity contribution in [2.24, 2.45) is 0 Å². The second-order valence-corrected chi connectivity index (χ2v) is 8.55. The van der Waals surface area contributed by atoms with Gasteiger partial charge in [0.05, 0.1) is 11.9 Å². The third kappa shape index (κ3) is 5.50. The molecule has 0 unspecified atom stereocenters. The van der Waals surface area contributed by atoms with E-state index in [0.29, 0.717) is 28.8 Å². The predicted octanol–water partition coefficient (Wildman–Crippen LogP) is 4.01. The number of benzene rings is 2. The Balaban J connectivity index is 2.21. The molecule has 1 N–H and O–H groups in total. The lowest BCUT2D eigenvalue weighted by Crippen LogP contribution is -2.45. The number of hydrogen-bond acceptors (Lipinski definition) is 4. The van der Waals surface area contributed by atoms with Crippen LogP contribution >= 0.6 is 11.6 Å². The smallest absolute Gasteiger partial charge is 0.247 e. The molecule has 150 valence electrons. The van der Waals surface area contributed by atoms with Gasteiger partial charge in [0.2, 0.25) is 15.9 Å². The van der Waals surface area contributed by atoms with Crippen LogP contribution in [0.15, 0.2) is 55.1 Å². The average Bonchev–Trinajstić information content (AvgIpc) is 2.63. The van der Waals surface area contributed by atoms with Gasteiger partial charge >= 0.3 is 0 Å². The first-order valence-corrected chi connectivity index (χ1v) is 10.8. The highest BCUT2D eigenvalue weighted by Gasteiger charge is 2.29. The molecule has 0 aromatic heterocycles. The normalized spacial score (nSPS) is 12.1. The number of nitrogens with one attached hydrogen (secondary N) is 1. The van der Waals surface area contributed by atoms with Gasteiger partial charge in [-0.05, 0) is 55.8 Å². The SMILES string of the molecule is C=CCOc1ccc(NC(=O)[C@H](C)N(c2ccc(C)c(Cl)c2)S(C)(=O)=O)cc1. The highest BCUT2D eigenvalue weighted by atomic mass is 35.5. The van der Waals surface area contributed by atoms with Crippen LogP contribution in [0.25, 0.3) is 0 Å². The number of rotatable bonds is 8. The van der Waals surface area contributed by atoms with Gasteiger partial charge in [0.15, 0.2) is 0 Å². The van der Waals surface area contributed by atoms with Gasteiger partial charge in [-0.25, -0.2) is 8.42 Å². The summed E-state index contributed by atoms with van der Waals surface area (Å²) in [7, 11) is -3.72. The third-order valence-corrected chi connectivity index (χ3v) is 5.64. The summed E-state index contributed by atoms with van der Waals surface area (Å²) in [6, 6.07) is 10.7. The van der Waals surface area contributed by atoms with Crippen LogP contribution in [0.5, 0.6) is 5.75 Å². The van der Waals surface area contributed by atoms with Crippen LogP contribution in [0.2, 0.25) is 5.02 Å². The molecule has 0 heterocycles. The Hall–Kier alpha value is -2.51. The Bertz CT molecular complexity index is 959. The Kier molecular flexibility index (Phi) is 7.10. The first-order valence-electron chi connectivity index (χ1n) is 8.53. The molecule has 2 rings (SSSR count). The minimum atomic E-state index is -3.72. The zero-order valence-electron chi connectivity index (χ0n) is 16.0. The Morgan fingerprint density at radius 2 is 1.93 bits per heavy atom. The fraction of sp³-hybridized carbons (Fsp3) is 0.250. The highest BCUT2D eigenvalue weighted by molar-refractivity contribution is 7.92. The van der Waals surface area contributed by atoms with Gasteiger partial charge in [0.1, 0.15) is 18.4 Å². The molecule has 0 saturated heterocycles. The minimum absolute atomic E-state index is 0.328. The van der Waals surface area contributed by atoms with Crippen molar-refractivity contribution in [3.63, 3.8) is 0 Å². The Morgan fingerprint density at radius 3 is 2.46 bits per heavy atom. The van der Waals surface area contributed by atoms with Gasteiger partial charge < -0.3 is 10.1 Å². The molecule has 0 aliphatic carbocycles. The molecular weight excluding hydrogens is 400 g/mol. The zero-order chi connectivity index (χ0) is 20.9. The summed E-state index contributed by atoms with van der Waals surface area (Å²) >= 11 is 6.13. The van der Waals surface area contributed by atoms with Crippen molar-refractivity contribution < 1.29 is 17.9 Å². The van der Waals surface area contributed by atoms with Crippen LogP contribution in [0.4, 0.5) is 11.4 Å². The summed E-state index contributed by atoms with van der Waals surface area (Å²) < 4.78 is 31.1. The summed E-state index contributed by atoms with van der Waals surface area (Å²) in [5.74, 6) is 0.167. The topological polar surface area (TPSA) is 75.7 Å². The number of anilines is 2. The van der Waals surface area contributed by atoms with E-state index in [-0.39, 0.29) is 0 Å². The van der Waals surface area contributed by atoms with E-state index in [9.17, 15) is 13.2 Å². The molecule has 0 saturated carbocycles. The lowest BCUT2D eigenvalue weighted by atomic mass is 10.2. The van der Waals surface area contributed by atoms with Crippen molar-refractivity contribution in [3.05, 3.63) is 65.7 Å². The molecular formula is C20H23ClN2O4S. The van der Waals surface area contributed by atoms with Crippen LogP contribution in [0.3, 0.4) is 0 Å². The van der Waals surface area contributed by atoms with Gasteiger partial charge in [0.25, 0.3) is 0 Å². The zero-order valence-corrected chi connectivity index (χ0v) is 17.5. The van der Waals surface area contributed by atoms with E-state index in [1.54, 1.807) is 42.5 Å². The van der Waals surface area contributed by atoms with E-state index in [2.05, 4.69) is 11.9 Å². The standard InChI is InChI=1S/C20H23ClN2O4S/c1-5-12-27-18-10-7-16(8-11-18)22-20(24)15(3)23(28(4,25)26)17-9-6-14(2)19(21)13-17/h5-11,13,15H,1,12H2,2-4H3,(H,22,24)/t15-/m0/s1. The molecule has 28 heavy (non-hydrogen) atoms. The fourth-order valence-corrected chi connectivity index (χ4v) is 3.91. The van der Waals surface area contributed by atoms with Crippen molar-refractivity contribution in [3.8, 4) is 5.75 Å². The third-order valence-electron chi connectivity index (χ3n) is 3.99. The maximum Gasteiger partial charge on any atom is 0.247 e. The van der Waals surface area contributed by atoms with E-state index in [4.69, 9.17) is 16.3 Å². The Labute approximate surface area is 170 Å². The van der Waals surface area contributed by atoms with Crippen molar-refractivity contribution in [2.45, 2.75) is 19.9 Å². The maximum absolute atomic E-state index is 12.7. The number of sulfonamides is 1. The number of aryl methyl sites for hydroxylation is 1. The van der Waals surface area contributed by atoms with Crippen molar-refractivity contribution in [1.29, 1.82) is 0 Å². The number of carbonyl (C=O) groups is 1.